The van der Waals surface area contributed by atoms with Crippen LogP contribution in [0.15, 0.2) is 34.9 Å². The highest BCUT2D eigenvalue weighted by Crippen LogP contribution is 2.27. The lowest BCUT2D eigenvalue weighted by Gasteiger charge is -1.96. The Balaban J connectivity index is 2.39. The van der Waals surface area contributed by atoms with Crippen LogP contribution in [-0.2, 0) is 4.74 Å². The molecule has 0 amide bonds. The maximum absolute atomic E-state index is 11.2. The average molecular weight is 238 g/mol. The molecule has 0 saturated carbocycles. The summed E-state index contributed by atoms with van der Waals surface area (Å²) >= 11 is 5.98. The summed E-state index contributed by atoms with van der Waals surface area (Å²) in [7, 11) is 1.28. The minimum Gasteiger partial charge on any atom is -0.464 e. The zero-order valence-electron chi connectivity index (χ0n) is 8.44. The number of rotatable bonds is 2. The summed E-state index contributed by atoms with van der Waals surface area (Å²) in [4.78, 5) is 11.2. The summed E-state index contributed by atoms with van der Waals surface area (Å²) in [5, 5.41) is 4.13. The Morgan fingerprint density at radius 1 is 1.44 bits per heavy atom. The smallest absolute Gasteiger partial charge is 0.360 e. The summed E-state index contributed by atoms with van der Waals surface area (Å²) in [5.74, 6) is -0.104. The monoisotopic (exact) mass is 237 g/mol. The maximum Gasteiger partial charge on any atom is 0.360 e. The predicted molar refractivity (Wildman–Crippen MR) is 58.3 cm³/mol. The molecule has 16 heavy (non-hydrogen) atoms. The number of carbonyl (C=O) groups excluding carboxylic acids is 1. The Kier molecular flexibility index (Phi) is 2.92. The van der Waals surface area contributed by atoms with E-state index in [9.17, 15) is 4.79 Å². The fourth-order valence-corrected chi connectivity index (χ4v) is 1.49. The van der Waals surface area contributed by atoms with Crippen LogP contribution in [0.4, 0.5) is 0 Å². The molecule has 0 aliphatic rings. The van der Waals surface area contributed by atoms with Crippen LogP contribution < -0.4 is 0 Å². The van der Waals surface area contributed by atoms with Crippen LogP contribution in [-0.4, -0.2) is 18.2 Å². The van der Waals surface area contributed by atoms with Crippen LogP contribution in [0.2, 0.25) is 5.02 Å². The van der Waals surface area contributed by atoms with Gasteiger partial charge in [-0.1, -0.05) is 28.9 Å². The molecule has 0 aliphatic carbocycles. The van der Waals surface area contributed by atoms with Gasteiger partial charge in [0.15, 0.2) is 11.5 Å². The molecule has 0 aliphatic heterocycles. The molecule has 0 spiro atoms. The van der Waals surface area contributed by atoms with Gasteiger partial charge in [-0.2, -0.15) is 0 Å². The van der Waals surface area contributed by atoms with Gasteiger partial charge in [0.1, 0.15) is 0 Å². The molecule has 0 atom stereocenters. The first-order valence-corrected chi connectivity index (χ1v) is 4.90. The van der Waals surface area contributed by atoms with Gasteiger partial charge < -0.3 is 9.26 Å². The Morgan fingerprint density at radius 2 is 2.19 bits per heavy atom. The van der Waals surface area contributed by atoms with E-state index in [0.717, 1.165) is 0 Å². The summed E-state index contributed by atoms with van der Waals surface area (Å²) in [5.41, 5.74) is 0.809. The Morgan fingerprint density at radius 3 is 2.88 bits per heavy atom. The van der Waals surface area contributed by atoms with Gasteiger partial charge in [-0.25, -0.2) is 4.79 Å². The first kappa shape index (κ1) is 10.7. The van der Waals surface area contributed by atoms with Crippen molar-refractivity contribution in [3.8, 4) is 11.3 Å². The van der Waals surface area contributed by atoms with Crippen LogP contribution in [0.5, 0.6) is 0 Å². The van der Waals surface area contributed by atoms with E-state index >= 15 is 0 Å². The van der Waals surface area contributed by atoms with Gasteiger partial charge in [-0.3, -0.25) is 0 Å². The van der Waals surface area contributed by atoms with Gasteiger partial charge in [0.25, 0.3) is 0 Å². The molecule has 0 N–H and O–H groups in total. The van der Waals surface area contributed by atoms with Crippen molar-refractivity contribution in [2.24, 2.45) is 0 Å². The van der Waals surface area contributed by atoms with E-state index in [0.29, 0.717) is 16.3 Å². The molecule has 0 saturated heterocycles. The number of benzene rings is 1. The van der Waals surface area contributed by atoms with Crippen LogP contribution in [0.25, 0.3) is 11.3 Å². The molecule has 1 aromatic heterocycles. The summed E-state index contributed by atoms with van der Waals surface area (Å²) in [6.45, 7) is 0. The molecule has 0 radical (unpaired) electrons. The van der Waals surface area contributed by atoms with Crippen LogP contribution in [0.3, 0.4) is 0 Å². The number of halogens is 1. The van der Waals surface area contributed by atoms with E-state index < -0.39 is 5.97 Å². The van der Waals surface area contributed by atoms with E-state index in [2.05, 4.69) is 9.89 Å². The lowest BCUT2D eigenvalue weighted by atomic mass is 10.1. The number of hydrogen-bond donors (Lipinski definition) is 0. The number of aromatic nitrogens is 1. The van der Waals surface area contributed by atoms with E-state index in [-0.39, 0.29) is 5.69 Å². The molecule has 0 fully saturated rings. The maximum atomic E-state index is 11.2. The Bertz CT molecular complexity index is 521. The normalized spacial score (nSPS) is 10.1. The van der Waals surface area contributed by atoms with E-state index in [1.54, 1.807) is 12.1 Å². The number of esters is 1. The zero-order chi connectivity index (χ0) is 11.5. The second-order valence-electron chi connectivity index (χ2n) is 3.05. The van der Waals surface area contributed by atoms with Crippen molar-refractivity contribution in [1.82, 2.24) is 5.16 Å². The molecule has 2 aromatic rings. The number of carbonyl (C=O) groups is 1. The molecular formula is C11H8ClNO3. The molecule has 5 heteroatoms. The second kappa shape index (κ2) is 4.37. The number of methoxy groups -OCH3 is 1. The molecule has 1 heterocycles. The van der Waals surface area contributed by atoms with Gasteiger partial charge in [0.2, 0.25) is 0 Å². The van der Waals surface area contributed by atoms with Gasteiger partial charge in [-0.15, -0.1) is 0 Å². The minimum atomic E-state index is -0.540. The van der Waals surface area contributed by atoms with Crippen molar-refractivity contribution in [3.63, 3.8) is 0 Å². The van der Waals surface area contributed by atoms with E-state index in [4.69, 9.17) is 16.1 Å². The van der Waals surface area contributed by atoms with Gasteiger partial charge >= 0.3 is 5.97 Å². The Hall–Kier alpha value is -1.81. The van der Waals surface area contributed by atoms with E-state index in [1.807, 2.05) is 12.1 Å². The minimum absolute atomic E-state index is 0.123. The molecule has 0 bridgehead atoms. The summed E-state index contributed by atoms with van der Waals surface area (Å²) in [6.07, 6.45) is 0. The van der Waals surface area contributed by atoms with Crippen LogP contribution in [0.1, 0.15) is 10.5 Å². The summed E-state index contributed by atoms with van der Waals surface area (Å²) in [6, 6.07) is 8.64. The fourth-order valence-electron chi connectivity index (χ4n) is 1.26. The summed E-state index contributed by atoms with van der Waals surface area (Å²) < 4.78 is 9.54. The van der Waals surface area contributed by atoms with Crippen LogP contribution >= 0.6 is 11.6 Å². The Labute approximate surface area is 96.8 Å². The zero-order valence-corrected chi connectivity index (χ0v) is 9.19. The van der Waals surface area contributed by atoms with Crippen molar-refractivity contribution in [2.75, 3.05) is 7.11 Å². The molecule has 2 rings (SSSR count). The predicted octanol–water partition coefficient (Wildman–Crippen LogP) is 2.78. The van der Waals surface area contributed by atoms with Gasteiger partial charge in [0, 0.05) is 11.6 Å². The van der Waals surface area contributed by atoms with E-state index in [1.165, 1.54) is 13.2 Å². The highest BCUT2D eigenvalue weighted by Gasteiger charge is 2.14. The third-order valence-corrected chi connectivity index (χ3v) is 2.37. The lowest BCUT2D eigenvalue weighted by Crippen LogP contribution is -2.00. The average Bonchev–Trinajstić information content (AvgIpc) is 2.78. The first-order chi connectivity index (χ1) is 7.72. The largest absolute Gasteiger partial charge is 0.464 e. The second-order valence-corrected chi connectivity index (χ2v) is 3.46. The highest BCUT2D eigenvalue weighted by atomic mass is 35.5. The molecule has 4 nitrogen and oxygen atoms in total. The highest BCUT2D eigenvalue weighted by molar-refractivity contribution is 6.33. The van der Waals surface area contributed by atoms with Gasteiger partial charge in [0.05, 0.1) is 12.1 Å². The van der Waals surface area contributed by atoms with Crippen molar-refractivity contribution in [1.29, 1.82) is 0 Å². The molecular weight excluding hydrogens is 230 g/mol. The third-order valence-electron chi connectivity index (χ3n) is 2.04. The third kappa shape index (κ3) is 1.92. The van der Waals surface area contributed by atoms with Crippen molar-refractivity contribution < 1.29 is 14.1 Å². The van der Waals surface area contributed by atoms with Crippen molar-refractivity contribution >= 4 is 17.6 Å². The van der Waals surface area contributed by atoms with Gasteiger partial charge in [-0.05, 0) is 12.1 Å². The van der Waals surface area contributed by atoms with Crippen LogP contribution in [0, 0.1) is 0 Å². The topological polar surface area (TPSA) is 52.3 Å². The SMILES string of the molecule is COC(=O)c1cc(-c2ccccc2Cl)on1. The van der Waals surface area contributed by atoms with Crippen molar-refractivity contribution in [3.05, 3.63) is 41.0 Å². The quantitative estimate of drug-likeness (QED) is 0.754. The molecule has 0 unspecified atom stereocenters. The first-order valence-electron chi connectivity index (χ1n) is 4.52. The number of nitrogens with zero attached hydrogens (tertiary/aromatic N) is 1. The lowest BCUT2D eigenvalue weighted by molar-refractivity contribution is 0.0589. The standard InChI is InChI=1S/C11H8ClNO3/c1-15-11(14)9-6-10(16-13-9)7-4-2-3-5-8(7)12/h2-6H,1H3. The van der Waals surface area contributed by atoms with Crippen molar-refractivity contribution in [2.45, 2.75) is 0 Å². The molecule has 82 valence electrons. The molecule has 1 aromatic carbocycles. The fraction of sp³-hybridized carbons (Fsp3) is 0.0909. The number of ether oxygens (including phenoxy) is 1. The number of hydrogen-bond acceptors (Lipinski definition) is 4.